The number of rotatable bonds is 2. The van der Waals surface area contributed by atoms with E-state index >= 15 is 0 Å². The number of hydrogen-bond acceptors (Lipinski definition) is 8. The van der Waals surface area contributed by atoms with Gasteiger partial charge in [0.1, 0.15) is 17.3 Å². The van der Waals surface area contributed by atoms with Gasteiger partial charge in [-0.1, -0.05) is 32.1 Å². The number of aliphatic hydroxyl groups is 2. The topological polar surface area (TPSA) is 147 Å². The summed E-state index contributed by atoms with van der Waals surface area (Å²) in [5, 5.41) is 35.0. The highest BCUT2D eigenvalue weighted by molar-refractivity contribution is 6.34. The Bertz CT molecular complexity index is 1710. The van der Waals surface area contributed by atoms with E-state index in [2.05, 4.69) is 33.4 Å². The van der Waals surface area contributed by atoms with Crippen molar-refractivity contribution in [2.24, 2.45) is 17.1 Å². The second-order valence-electron chi connectivity index (χ2n) is 12.4. The van der Waals surface area contributed by atoms with Gasteiger partial charge in [-0.05, 0) is 66.7 Å². The maximum Gasteiger partial charge on any atom is 0.208 e. The molecule has 40 heavy (non-hydrogen) atoms. The van der Waals surface area contributed by atoms with E-state index in [9.17, 15) is 29.7 Å². The first-order chi connectivity index (χ1) is 18.7. The van der Waals surface area contributed by atoms with Gasteiger partial charge in [-0.3, -0.25) is 14.4 Å². The maximum atomic E-state index is 14.3. The smallest absolute Gasteiger partial charge is 0.208 e. The highest BCUT2D eigenvalue weighted by Crippen LogP contribution is 2.64. The van der Waals surface area contributed by atoms with Crippen molar-refractivity contribution in [2.45, 2.75) is 64.4 Å². The standard InChI is InChI=1S/C32H33NO7/c1-13-10-19(40-6)23-21-16(12-31(25(13)21)14(2)8-7-9-30(31,4)5)22-24(27(23)36)29(38)32(39)17(26(22)35)11-18(34)20(15(3)33)28(32)37/h8,10,17,34,36,39H,3,7,9,11-12,33H2,1-2,4-6H3/t17-,31-,32-/m1/s1. The SMILES string of the molecule is C=C(N)C1=C(O)C[C@@H]2C(=O)c3c(c(O)c4c(OC)cc(C)c5c4c3C[C@@]53C(C)=CCCC3(C)C)C(=O)[C@]2(O)C1=O. The molecule has 4 aliphatic rings. The third-order valence-electron chi connectivity index (χ3n) is 10.2. The fourth-order valence-electron chi connectivity index (χ4n) is 8.22. The van der Waals surface area contributed by atoms with Crippen molar-refractivity contribution in [1.82, 2.24) is 0 Å². The van der Waals surface area contributed by atoms with Crippen molar-refractivity contribution in [3.05, 3.63) is 69.1 Å². The lowest BCUT2D eigenvalue weighted by Gasteiger charge is -2.50. The zero-order valence-corrected chi connectivity index (χ0v) is 23.3. The van der Waals surface area contributed by atoms with Crippen LogP contribution in [0.4, 0.5) is 0 Å². The highest BCUT2D eigenvalue weighted by atomic mass is 16.5. The molecule has 0 saturated carbocycles. The van der Waals surface area contributed by atoms with Crippen LogP contribution in [-0.2, 0) is 16.6 Å². The minimum Gasteiger partial charge on any atom is -0.511 e. The summed E-state index contributed by atoms with van der Waals surface area (Å²) >= 11 is 0. The lowest BCUT2D eigenvalue weighted by atomic mass is 9.53. The number of Topliss-reactive ketones (excluding diaryl/α,β-unsaturated/α-hetero) is 3. The van der Waals surface area contributed by atoms with Gasteiger partial charge in [0.15, 0.2) is 5.78 Å². The van der Waals surface area contributed by atoms with Crippen LogP contribution >= 0.6 is 0 Å². The molecule has 0 amide bonds. The largest absolute Gasteiger partial charge is 0.511 e. The van der Waals surface area contributed by atoms with E-state index in [4.69, 9.17) is 10.5 Å². The Labute approximate surface area is 231 Å². The van der Waals surface area contributed by atoms with E-state index in [0.29, 0.717) is 23.1 Å². The molecule has 6 rings (SSSR count). The van der Waals surface area contributed by atoms with Crippen LogP contribution in [0.2, 0.25) is 0 Å². The number of hydrogen-bond donors (Lipinski definition) is 4. The molecule has 2 aromatic carbocycles. The van der Waals surface area contributed by atoms with Crippen molar-refractivity contribution in [3.63, 3.8) is 0 Å². The Kier molecular flexibility index (Phi) is 5.16. The number of fused-ring (bicyclic) bond motifs is 4. The van der Waals surface area contributed by atoms with Crippen molar-refractivity contribution in [1.29, 1.82) is 0 Å². The summed E-state index contributed by atoms with van der Waals surface area (Å²) in [7, 11) is 1.46. The van der Waals surface area contributed by atoms with Crippen molar-refractivity contribution >= 4 is 28.1 Å². The molecule has 0 unspecified atom stereocenters. The Morgan fingerprint density at radius 3 is 2.38 bits per heavy atom. The van der Waals surface area contributed by atoms with Gasteiger partial charge in [0, 0.05) is 23.1 Å². The van der Waals surface area contributed by atoms with E-state index in [1.165, 1.54) is 7.11 Å². The molecule has 0 radical (unpaired) electrons. The molecule has 0 heterocycles. The molecule has 208 valence electrons. The van der Waals surface area contributed by atoms with Crippen LogP contribution in [0.15, 0.2) is 41.3 Å². The monoisotopic (exact) mass is 543 g/mol. The summed E-state index contributed by atoms with van der Waals surface area (Å²) in [4.78, 5) is 42.0. The highest BCUT2D eigenvalue weighted by Gasteiger charge is 2.64. The van der Waals surface area contributed by atoms with Gasteiger partial charge in [-0.2, -0.15) is 0 Å². The van der Waals surface area contributed by atoms with Crippen LogP contribution in [0.3, 0.4) is 0 Å². The number of nitrogens with two attached hydrogens (primary N) is 1. The van der Waals surface area contributed by atoms with E-state index in [1.54, 1.807) is 0 Å². The molecule has 0 fully saturated rings. The molecule has 8 nitrogen and oxygen atoms in total. The average Bonchev–Trinajstić information content (AvgIpc) is 3.24. The summed E-state index contributed by atoms with van der Waals surface area (Å²) in [6, 6.07) is 1.83. The number of aliphatic hydroxyl groups excluding tert-OH is 1. The quantitative estimate of drug-likeness (QED) is 0.322. The molecule has 2 aromatic rings. The minimum atomic E-state index is -2.84. The van der Waals surface area contributed by atoms with Gasteiger partial charge in [0.05, 0.1) is 29.6 Å². The molecule has 1 spiro atoms. The molecule has 0 aliphatic heterocycles. The number of phenols is 1. The number of aromatic hydroxyl groups is 1. The zero-order valence-electron chi connectivity index (χ0n) is 23.3. The molecule has 4 aliphatic carbocycles. The van der Waals surface area contributed by atoms with E-state index in [1.807, 2.05) is 13.0 Å². The minimum absolute atomic E-state index is 0.000233. The molecular formula is C32H33NO7. The summed E-state index contributed by atoms with van der Waals surface area (Å²) in [6.07, 6.45) is 3.96. The normalized spacial score (nSPS) is 28.6. The van der Waals surface area contributed by atoms with Gasteiger partial charge < -0.3 is 25.8 Å². The first-order valence-electron chi connectivity index (χ1n) is 13.5. The summed E-state index contributed by atoms with van der Waals surface area (Å²) in [5.41, 5.74) is 4.58. The fraction of sp³-hybridized carbons (Fsp3) is 0.406. The molecule has 5 N–H and O–H groups in total. The van der Waals surface area contributed by atoms with Crippen LogP contribution in [0.25, 0.3) is 10.8 Å². The zero-order chi connectivity index (χ0) is 29.3. The number of aryl methyl sites for hydroxylation is 1. The van der Waals surface area contributed by atoms with E-state index in [0.717, 1.165) is 29.5 Å². The van der Waals surface area contributed by atoms with Crippen LogP contribution < -0.4 is 10.5 Å². The van der Waals surface area contributed by atoms with E-state index < -0.39 is 63.3 Å². The Hall–Kier alpha value is -3.91. The first-order valence-corrected chi connectivity index (χ1v) is 13.5. The van der Waals surface area contributed by atoms with Crippen molar-refractivity contribution < 1.29 is 34.4 Å². The lowest BCUT2D eigenvalue weighted by molar-refractivity contribution is -0.133. The predicted molar refractivity (Wildman–Crippen MR) is 149 cm³/mol. The fourth-order valence-corrected chi connectivity index (χ4v) is 8.22. The molecule has 3 atom stereocenters. The van der Waals surface area contributed by atoms with Gasteiger partial charge in [-0.25, -0.2) is 0 Å². The van der Waals surface area contributed by atoms with Gasteiger partial charge in [-0.15, -0.1) is 0 Å². The average molecular weight is 544 g/mol. The van der Waals surface area contributed by atoms with Gasteiger partial charge in [0.2, 0.25) is 17.2 Å². The van der Waals surface area contributed by atoms with Crippen LogP contribution in [0.1, 0.15) is 77.4 Å². The predicted octanol–water partition coefficient (Wildman–Crippen LogP) is 4.41. The van der Waals surface area contributed by atoms with Crippen molar-refractivity contribution in [3.8, 4) is 11.5 Å². The van der Waals surface area contributed by atoms with E-state index in [-0.39, 0.29) is 22.1 Å². The maximum absolute atomic E-state index is 14.3. The number of allylic oxidation sites excluding steroid dienone is 4. The summed E-state index contributed by atoms with van der Waals surface area (Å²) in [5.74, 6) is -5.23. The number of benzene rings is 2. The third-order valence-corrected chi connectivity index (χ3v) is 10.2. The van der Waals surface area contributed by atoms with Crippen LogP contribution in [0, 0.1) is 18.3 Å². The number of phenolic OH excluding ortho intramolecular Hbond substituents is 1. The molecular weight excluding hydrogens is 510 g/mol. The van der Waals surface area contributed by atoms with Crippen molar-refractivity contribution in [2.75, 3.05) is 7.11 Å². The number of carbonyl (C=O) groups is 3. The third kappa shape index (κ3) is 2.72. The first kappa shape index (κ1) is 26.3. The Morgan fingerprint density at radius 2 is 1.77 bits per heavy atom. The number of ketones is 3. The van der Waals surface area contributed by atoms with Crippen LogP contribution in [-0.4, -0.2) is 45.4 Å². The second kappa shape index (κ2) is 7.85. The lowest BCUT2D eigenvalue weighted by Crippen LogP contribution is -2.61. The molecule has 0 aromatic heterocycles. The summed E-state index contributed by atoms with van der Waals surface area (Å²) < 4.78 is 5.68. The number of ether oxygens (including phenoxy) is 1. The second-order valence-corrected chi connectivity index (χ2v) is 12.4. The molecule has 0 bridgehead atoms. The number of methoxy groups -OCH3 is 1. The van der Waals surface area contributed by atoms with Gasteiger partial charge in [0.25, 0.3) is 0 Å². The molecule has 0 saturated heterocycles. The van der Waals surface area contributed by atoms with Crippen LogP contribution in [0.5, 0.6) is 11.5 Å². The van der Waals surface area contributed by atoms with Gasteiger partial charge >= 0.3 is 0 Å². The Morgan fingerprint density at radius 1 is 1.10 bits per heavy atom. The number of carbonyl (C=O) groups excluding carboxylic acids is 3. The molecule has 8 heteroatoms. The Balaban J connectivity index is 1.76. The summed E-state index contributed by atoms with van der Waals surface area (Å²) in [6.45, 7) is 12.0.